The van der Waals surface area contributed by atoms with Gasteiger partial charge in [-0.15, -0.1) is 10.2 Å². The summed E-state index contributed by atoms with van der Waals surface area (Å²) < 4.78 is 33.6. The largest absolute Gasteiger partial charge is 0.494 e. The first kappa shape index (κ1) is 24.2. The van der Waals surface area contributed by atoms with Crippen molar-refractivity contribution in [2.24, 2.45) is 0 Å². The molecule has 0 N–H and O–H groups in total. The van der Waals surface area contributed by atoms with Crippen LogP contribution in [0.5, 0.6) is 5.75 Å². The molecule has 3 heterocycles. The predicted octanol–water partition coefficient (Wildman–Crippen LogP) is 2.96. The van der Waals surface area contributed by atoms with Crippen molar-refractivity contribution in [2.75, 3.05) is 49.1 Å². The molecule has 36 heavy (non-hydrogen) atoms. The molecule has 0 atom stereocenters. The van der Waals surface area contributed by atoms with E-state index in [4.69, 9.17) is 4.74 Å². The number of hydrogen-bond donors (Lipinski definition) is 0. The van der Waals surface area contributed by atoms with Gasteiger partial charge in [-0.25, -0.2) is 8.42 Å². The molecule has 0 radical (unpaired) electrons. The number of nitrogens with zero attached hydrogens (tertiary/aromatic N) is 5. The molecule has 0 bridgehead atoms. The lowest BCUT2D eigenvalue weighted by molar-refractivity contribution is -0.116. The Hall–Kier alpha value is -3.50. The van der Waals surface area contributed by atoms with Gasteiger partial charge in [-0.3, -0.25) is 4.79 Å². The fraction of sp³-hybridized carbons (Fsp3) is 0.346. The third kappa shape index (κ3) is 4.66. The number of carbonyl (C=O) groups excluding carboxylic acids is 1. The predicted molar refractivity (Wildman–Crippen MR) is 138 cm³/mol. The zero-order valence-corrected chi connectivity index (χ0v) is 21.2. The number of piperazine rings is 1. The molecule has 10 heteroatoms. The summed E-state index contributed by atoms with van der Waals surface area (Å²) in [5.41, 5.74) is 3.42. The summed E-state index contributed by atoms with van der Waals surface area (Å²) in [4.78, 5) is 15.8. The van der Waals surface area contributed by atoms with Crippen LogP contribution >= 0.6 is 0 Å². The molecule has 1 fully saturated rings. The fourth-order valence-electron chi connectivity index (χ4n) is 4.71. The van der Waals surface area contributed by atoms with Crippen LogP contribution in [0.25, 0.3) is 11.3 Å². The van der Waals surface area contributed by atoms with Crippen LogP contribution in [0, 0.1) is 0 Å². The van der Waals surface area contributed by atoms with E-state index in [0.29, 0.717) is 45.8 Å². The number of benzene rings is 2. The average molecular weight is 508 g/mol. The number of sulfonamides is 1. The van der Waals surface area contributed by atoms with Gasteiger partial charge in [0, 0.05) is 50.9 Å². The Morgan fingerprint density at radius 3 is 2.33 bits per heavy atom. The standard InChI is InChI=1S/C26H29N5O4S/c1-3-35-22-6-4-20(5-7-22)24-9-11-26(28-27-24)29-14-16-30(17-15-29)36(33,34)23-8-10-25-21(18-23)12-13-31(25)19(2)32/h4-11,18H,3,12-17H2,1-2H3. The van der Waals surface area contributed by atoms with Gasteiger partial charge in [-0.05, 0) is 73.5 Å². The van der Waals surface area contributed by atoms with Crippen LogP contribution in [0.1, 0.15) is 19.4 Å². The van der Waals surface area contributed by atoms with Crippen LogP contribution in [0.2, 0.25) is 0 Å². The summed E-state index contributed by atoms with van der Waals surface area (Å²) in [5, 5.41) is 8.76. The minimum absolute atomic E-state index is 0.0314. The smallest absolute Gasteiger partial charge is 0.243 e. The summed E-state index contributed by atoms with van der Waals surface area (Å²) in [5.74, 6) is 1.51. The van der Waals surface area contributed by atoms with E-state index in [1.54, 1.807) is 23.1 Å². The fourth-order valence-corrected chi connectivity index (χ4v) is 6.18. The highest BCUT2D eigenvalue weighted by Crippen LogP contribution is 2.31. The molecule has 0 aliphatic carbocycles. The van der Waals surface area contributed by atoms with E-state index in [0.717, 1.165) is 34.1 Å². The number of ether oxygens (including phenoxy) is 1. The van der Waals surface area contributed by atoms with Crippen LogP contribution in [0.4, 0.5) is 11.5 Å². The van der Waals surface area contributed by atoms with Crippen molar-refractivity contribution < 1.29 is 17.9 Å². The number of anilines is 2. The van der Waals surface area contributed by atoms with E-state index in [2.05, 4.69) is 15.1 Å². The Morgan fingerprint density at radius 2 is 1.69 bits per heavy atom. The van der Waals surface area contributed by atoms with E-state index in [-0.39, 0.29) is 10.8 Å². The highest BCUT2D eigenvalue weighted by Gasteiger charge is 2.31. The monoisotopic (exact) mass is 507 g/mol. The van der Waals surface area contributed by atoms with Gasteiger partial charge in [0.2, 0.25) is 15.9 Å². The lowest BCUT2D eigenvalue weighted by Crippen LogP contribution is -2.49. The van der Waals surface area contributed by atoms with Crippen LogP contribution in [0.15, 0.2) is 59.5 Å². The van der Waals surface area contributed by atoms with Crippen molar-refractivity contribution in [2.45, 2.75) is 25.2 Å². The molecule has 2 aliphatic rings. The van der Waals surface area contributed by atoms with Gasteiger partial charge in [-0.1, -0.05) is 0 Å². The second-order valence-corrected chi connectivity index (χ2v) is 10.8. The third-order valence-electron chi connectivity index (χ3n) is 6.64. The Balaban J connectivity index is 1.23. The van der Waals surface area contributed by atoms with Crippen molar-refractivity contribution >= 4 is 27.4 Å². The molecule has 3 aromatic rings. The van der Waals surface area contributed by atoms with E-state index in [1.807, 2.05) is 43.3 Å². The van der Waals surface area contributed by atoms with E-state index < -0.39 is 10.0 Å². The van der Waals surface area contributed by atoms with Crippen molar-refractivity contribution in [3.05, 3.63) is 60.2 Å². The highest BCUT2D eigenvalue weighted by atomic mass is 32.2. The molecule has 1 amide bonds. The van der Waals surface area contributed by atoms with E-state index >= 15 is 0 Å². The minimum Gasteiger partial charge on any atom is -0.494 e. The van der Waals surface area contributed by atoms with Gasteiger partial charge in [-0.2, -0.15) is 4.31 Å². The lowest BCUT2D eigenvalue weighted by Gasteiger charge is -2.34. The Kier molecular flexibility index (Phi) is 6.63. The molecule has 1 aromatic heterocycles. The van der Waals surface area contributed by atoms with Gasteiger partial charge in [0.1, 0.15) is 5.75 Å². The molecular formula is C26H29N5O4S. The van der Waals surface area contributed by atoms with Gasteiger partial charge >= 0.3 is 0 Å². The Labute approximate surface area is 211 Å². The van der Waals surface area contributed by atoms with Crippen molar-refractivity contribution in [3.8, 4) is 17.0 Å². The molecule has 5 rings (SSSR count). The topological polar surface area (TPSA) is 95.9 Å². The maximum absolute atomic E-state index is 13.3. The number of rotatable bonds is 6. The zero-order valence-electron chi connectivity index (χ0n) is 20.4. The van der Waals surface area contributed by atoms with Crippen molar-refractivity contribution in [1.82, 2.24) is 14.5 Å². The lowest BCUT2D eigenvalue weighted by atomic mass is 10.1. The number of carbonyl (C=O) groups is 1. The summed E-state index contributed by atoms with van der Waals surface area (Å²) in [6.45, 7) is 6.46. The van der Waals surface area contributed by atoms with Crippen LogP contribution in [-0.2, 0) is 21.2 Å². The Morgan fingerprint density at radius 1 is 0.944 bits per heavy atom. The van der Waals surface area contributed by atoms with Crippen molar-refractivity contribution in [1.29, 1.82) is 0 Å². The minimum atomic E-state index is -3.62. The number of amides is 1. The van der Waals surface area contributed by atoms with E-state index in [1.165, 1.54) is 11.2 Å². The number of hydrogen-bond acceptors (Lipinski definition) is 7. The summed E-state index contributed by atoms with van der Waals surface area (Å²) in [7, 11) is -3.62. The second kappa shape index (κ2) is 9.87. The van der Waals surface area contributed by atoms with Crippen LogP contribution in [0.3, 0.4) is 0 Å². The van der Waals surface area contributed by atoms with Gasteiger partial charge in [0.15, 0.2) is 5.82 Å². The molecule has 2 aliphatic heterocycles. The molecular weight excluding hydrogens is 478 g/mol. The molecule has 0 spiro atoms. The van der Waals surface area contributed by atoms with Gasteiger partial charge in [0.25, 0.3) is 0 Å². The average Bonchev–Trinajstić information content (AvgIpc) is 3.33. The zero-order chi connectivity index (χ0) is 25.3. The molecule has 0 saturated carbocycles. The number of aromatic nitrogens is 2. The van der Waals surface area contributed by atoms with E-state index in [9.17, 15) is 13.2 Å². The van der Waals surface area contributed by atoms with Crippen LogP contribution in [-0.4, -0.2) is 68.2 Å². The number of fused-ring (bicyclic) bond motifs is 1. The summed E-state index contributed by atoms with van der Waals surface area (Å²) in [6, 6.07) is 16.6. The summed E-state index contributed by atoms with van der Waals surface area (Å²) in [6.07, 6.45) is 0.664. The molecule has 0 unspecified atom stereocenters. The summed E-state index contributed by atoms with van der Waals surface area (Å²) >= 11 is 0. The normalized spacial score (nSPS) is 16.2. The third-order valence-corrected chi connectivity index (χ3v) is 8.53. The second-order valence-electron chi connectivity index (χ2n) is 8.84. The van der Waals surface area contributed by atoms with Gasteiger partial charge in [0.05, 0.1) is 17.2 Å². The van der Waals surface area contributed by atoms with Crippen molar-refractivity contribution in [3.63, 3.8) is 0 Å². The quantitative estimate of drug-likeness (QED) is 0.506. The molecule has 9 nitrogen and oxygen atoms in total. The first-order chi connectivity index (χ1) is 17.4. The molecule has 1 saturated heterocycles. The first-order valence-corrected chi connectivity index (χ1v) is 13.5. The SMILES string of the molecule is CCOc1ccc(-c2ccc(N3CCN(S(=O)(=O)c4ccc5c(c4)CCN5C(C)=O)CC3)nn2)cc1. The van der Waals surface area contributed by atoms with Gasteiger partial charge < -0.3 is 14.5 Å². The van der Waals surface area contributed by atoms with Crippen LogP contribution < -0.4 is 14.5 Å². The molecule has 2 aromatic carbocycles. The maximum Gasteiger partial charge on any atom is 0.243 e. The molecule has 188 valence electrons. The Bertz CT molecular complexity index is 1350. The highest BCUT2D eigenvalue weighted by molar-refractivity contribution is 7.89. The first-order valence-electron chi connectivity index (χ1n) is 12.1. The maximum atomic E-state index is 13.3.